The van der Waals surface area contributed by atoms with Crippen LogP contribution in [0.2, 0.25) is 0 Å². The van der Waals surface area contributed by atoms with E-state index in [1.165, 1.54) is 29.0 Å². The SMILES string of the molecule is O=C(c1ccc2c(c1)C1CCCc3cn[nH]c3C1N2)N1CCC(O)(Cc2cccc(F)c2)CC1. The number of hydrogen-bond acceptors (Lipinski definition) is 4. The summed E-state index contributed by atoms with van der Waals surface area (Å²) in [6.07, 6.45) is 6.49. The first kappa shape index (κ1) is 21.4. The number of likely N-dealkylation sites (tertiary alicyclic amines) is 1. The Hall–Kier alpha value is -3.19. The monoisotopic (exact) mass is 460 g/mol. The van der Waals surface area contributed by atoms with Gasteiger partial charge in [0.15, 0.2) is 0 Å². The Kier molecular flexibility index (Phi) is 5.17. The Morgan fingerprint density at radius 2 is 2.06 bits per heavy atom. The summed E-state index contributed by atoms with van der Waals surface area (Å²) in [6.45, 7) is 0.979. The molecule has 2 unspecified atom stereocenters. The summed E-state index contributed by atoms with van der Waals surface area (Å²) >= 11 is 0. The molecular weight excluding hydrogens is 431 g/mol. The van der Waals surface area contributed by atoms with Gasteiger partial charge in [-0.2, -0.15) is 5.10 Å². The van der Waals surface area contributed by atoms with E-state index in [0.29, 0.717) is 43.8 Å². The van der Waals surface area contributed by atoms with Crippen LogP contribution in [0.1, 0.15) is 70.4 Å². The number of carbonyl (C=O) groups excluding carboxylic acids is 1. The van der Waals surface area contributed by atoms with Gasteiger partial charge in [0, 0.05) is 36.7 Å². The van der Waals surface area contributed by atoms with Gasteiger partial charge >= 0.3 is 0 Å². The van der Waals surface area contributed by atoms with Crippen LogP contribution >= 0.6 is 0 Å². The number of halogens is 1. The van der Waals surface area contributed by atoms with Gasteiger partial charge in [-0.25, -0.2) is 4.39 Å². The third kappa shape index (κ3) is 3.78. The van der Waals surface area contributed by atoms with Crippen LogP contribution in [0.3, 0.4) is 0 Å². The first-order valence-corrected chi connectivity index (χ1v) is 12.2. The quantitative estimate of drug-likeness (QED) is 0.543. The van der Waals surface area contributed by atoms with Crippen molar-refractivity contribution in [3.8, 4) is 0 Å². The van der Waals surface area contributed by atoms with Gasteiger partial charge in [0.05, 0.1) is 23.5 Å². The maximum absolute atomic E-state index is 13.5. The number of anilines is 1. The number of aliphatic hydroxyl groups is 1. The van der Waals surface area contributed by atoms with Gasteiger partial charge in [0.1, 0.15) is 5.82 Å². The Morgan fingerprint density at radius 1 is 1.21 bits per heavy atom. The Balaban J connectivity index is 1.16. The van der Waals surface area contributed by atoms with Gasteiger partial charge in [-0.3, -0.25) is 9.89 Å². The molecule has 1 fully saturated rings. The Bertz CT molecular complexity index is 1230. The van der Waals surface area contributed by atoms with Crippen molar-refractivity contribution in [3.63, 3.8) is 0 Å². The van der Waals surface area contributed by atoms with Crippen molar-refractivity contribution in [3.05, 3.63) is 82.4 Å². The molecule has 6 rings (SSSR count). The van der Waals surface area contributed by atoms with E-state index in [1.807, 2.05) is 29.3 Å². The lowest BCUT2D eigenvalue weighted by Gasteiger charge is -2.38. The fourth-order valence-electron chi connectivity index (χ4n) is 5.99. The number of H-pyrrole nitrogens is 1. The number of benzene rings is 2. The predicted molar refractivity (Wildman–Crippen MR) is 127 cm³/mol. The van der Waals surface area contributed by atoms with Crippen molar-refractivity contribution < 1.29 is 14.3 Å². The lowest BCUT2D eigenvalue weighted by atomic mass is 9.85. The van der Waals surface area contributed by atoms with Crippen LogP contribution in [0.25, 0.3) is 0 Å². The number of hydrogen-bond donors (Lipinski definition) is 3. The number of piperidine rings is 1. The third-order valence-electron chi connectivity index (χ3n) is 7.84. The summed E-state index contributed by atoms with van der Waals surface area (Å²) in [7, 11) is 0. The number of aryl methyl sites for hydroxylation is 1. The number of rotatable bonds is 3. The van der Waals surface area contributed by atoms with Gasteiger partial charge in [-0.05, 0) is 79.1 Å². The molecule has 7 heteroatoms. The zero-order valence-electron chi connectivity index (χ0n) is 19.1. The van der Waals surface area contributed by atoms with Crippen molar-refractivity contribution in [2.24, 2.45) is 0 Å². The van der Waals surface area contributed by atoms with E-state index in [0.717, 1.165) is 30.5 Å². The first-order chi connectivity index (χ1) is 16.5. The summed E-state index contributed by atoms with van der Waals surface area (Å²) in [4.78, 5) is 15.2. The molecule has 1 aliphatic carbocycles. The molecule has 0 spiro atoms. The molecule has 3 N–H and O–H groups in total. The lowest BCUT2D eigenvalue weighted by molar-refractivity contribution is -0.0162. The highest BCUT2D eigenvalue weighted by molar-refractivity contribution is 5.95. The lowest BCUT2D eigenvalue weighted by Crippen LogP contribution is -2.47. The zero-order chi connectivity index (χ0) is 23.3. The minimum Gasteiger partial charge on any atom is -0.389 e. The molecule has 6 nitrogen and oxygen atoms in total. The number of amides is 1. The van der Waals surface area contributed by atoms with Gasteiger partial charge in [-0.1, -0.05) is 12.1 Å². The van der Waals surface area contributed by atoms with E-state index in [-0.39, 0.29) is 17.8 Å². The summed E-state index contributed by atoms with van der Waals surface area (Å²) in [6, 6.07) is 12.6. The van der Waals surface area contributed by atoms with E-state index < -0.39 is 5.60 Å². The molecule has 34 heavy (non-hydrogen) atoms. The number of aromatic nitrogens is 2. The molecule has 176 valence electrons. The van der Waals surface area contributed by atoms with Crippen molar-refractivity contribution in [2.45, 2.75) is 56.1 Å². The van der Waals surface area contributed by atoms with Crippen LogP contribution in [0.15, 0.2) is 48.7 Å². The maximum atomic E-state index is 13.5. The molecular formula is C27H29FN4O2. The fourth-order valence-corrected chi connectivity index (χ4v) is 5.99. The molecule has 1 saturated heterocycles. The molecule has 1 amide bonds. The van der Waals surface area contributed by atoms with Crippen molar-refractivity contribution >= 4 is 11.6 Å². The summed E-state index contributed by atoms with van der Waals surface area (Å²) in [5.74, 6) is 0.0385. The molecule has 3 aromatic rings. The fraction of sp³-hybridized carbons (Fsp3) is 0.407. The van der Waals surface area contributed by atoms with E-state index in [9.17, 15) is 14.3 Å². The van der Waals surface area contributed by atoms with Crippen molar-refractivity contribution in [2.75, 3.05) is 18.4 Å². The highest BCUT2D eigenvalue weighted by Crippen LogP contribution is 2.48. The zero-order valence-corrected chi connectivity index (χ0v) is 19.1. The van der Waals surface area contributed by atoms with Gasteiger partial charge < -0.3 is 15.3 Å². The van der Waals surface area contributed by atoms with Crippen molar-refractivity contribution in [1.29, 1.82) is 0 Å². The minimum absolute atomic E-state index is 0.00917. The van der Waals surface area contributed by atoms with Crippen LogP contribution in [-0.4, -0.2) is 44.8 Å². The summed E-state index contributed by atoms with van der Waals surface area (Å²) in [5, 5.41) is 22.1. The molecule has 3 heterocycles. The Labute approximate surface area is 198 Å². The number of carbonyl (C=O) groups is 1. The smallest absolute Gasteiger partial charge is 0.253 e. The average Bonchev–Trinajstić information content (AvgIpc) is 3.39. The molecule has 2 aliphatic heterocycles. The van der Waals surface area contributed by atoms with Crippen LogP contribution in [0.5, 0.6) is 0 Å². The number of nitrogens with zero attached hydrogens (tertiary/aromatic N) is 2. The minimum atomic E-state index is -0.915. The standard InChI is InChI=1S/C27H29FN4O2/c28-20-5-1-3-17(13-20)15-27(34)9-11-32(12-10-27)26(33)18-7-8-23-22(14-18)21-6-2-4-19-16-29-31-24(19)25(21)30-23/h1,3,5,7-8,13-14,16,21,25,30,34H,2,4,6,9-12,15H2,(H,29,31). The largest absolute Gasteiger partial charge is 0.389 e. The van der Waals surface area contributed by atoms with E-state index in [2.05, 4.69) is 21.6 Å². The average molecular weight is 461 g/mol. The van der Waals surface area contributed by atoms with Crippen LogP contribution < -0.4 is 5.32 Å². The number of fused-ring (bicyclic) bond motifs is 5. The molecule has 2 atom stereocenters. The first-order valence-electron chi connectivity index (χ1n) is 12.2. The second kappa shape index (κ2) is 8.24. The maximum Gasteiger partial charge on any atom is 0.253 e. The van der Waals surface area contributed by atoms with E-state index in [1.54, 1.807) is 6.07 Å². The normalized spacial score (nSPS) is 22.8. The number of aromatic amines is 1. The highest BCUT2D eigenvalue weighted by atomic mass is 19.1. The summed E-state index contributed by atoms with van der Waals surface area (Å²) < 4.78 is 13.5. The van der Waals surface area contributed by atoms with Crippen molar-refractivity contribution in [1.82, 2.24) is 15.1 Å². The molecule has 2 aromatic carbocycles. The molecule has 3 aliphatic rings. The van der Waals surface area contributed by atoms with Crippen LogP contribution in [-0.2, 0) is 12.8 Å². The second-order valence-electron chi connectivity index (χ2n) is 10.1. The highest BCUT2D eigenvalue weighted by Gasteiger charge is 2.38. The molecule has 0 radical (unpaired) electrons. The predicted octanol–water partition coefficient (Wildman–Crippen LogP) is 4.35. The van der Waals surface area contributed by atoms with Crippen LogP contribution in [0, 0.1) is 5.82 Å². The van der Waals surface area contributed by atoms with E-state index >= 15 is 0 Å². The second-order valence-corrected chi connectivity index (χ2v) is 10.1. The molecule has 0 bridgehead atoms. The van der Waals surface area contributed by atoms with Gasteiger partial charge in [0.25, 0.3) is 5.91 Å². The Morgan fingerprint density at radius 3 is 2.88 bits per heavy atom. The topological polar surface area (TPSA) is 81.2 Å². The third-order valence-corrected chi connectivity index (χ3v) is 7.84. The number of nitrogens with one attached hydrogen (secondary N) is 2. The molecule has 1 aromatic heterocycles. The van der Waals surface area contributed by atoms with Crippen LogP contribution in [0.4, 0.5) is 10.1 Å². The van der Waals surface area contributed by atoms with Gasteiger partial charge in [0.2, 0.25) is 0 Å². The summed E-state index contributed by atoms with van der Waals surface area (Å²) in [5.41, 5.74) is 5.32. The van der Waals surface area contributed by atoms with Gasteiger partial charge in [-0.15, -0.1) is 0 Å². The molecule has 0 saturated carbocycles. The van der Waals surface area contributed by atoms with E-state index in [4.69, 9.17) is 0 Å².